The van der Waals surface area contributed by atoms with Gasteiger partial charge in [0.1, 0.15) is 6.10 Å². The molecular formula is C9H16INO2. The van der Waals surface area contributed by atoms with Crippen LogP contribution in [0.5, 0.6) is 0 Å². The standard InChI is InChI=1S/C9H16INO2/c1-7-3-6-13-8(7)9(12)11-5-2-4-10/h7-8H,2-6H2,1H3,(H,11,12). The number of alkyl halides is 1. The molecule has 76 valence electrons. The van der Waals surface area contributed by atoms with Crippen molar-refractivity contribution >= 4 is 28.5 Å². The maximum atomic E-state index is 11.5. The number of ether oxygens (including phenoxy) is 1. The Morgan fingerprint density at radius 3 is 3.00 bits per heavy atom. The van der Waals surface area contributed by atoms with Gasteiger partial charge < -0.3 is 10.1 Å². The molecule has 2 atom stereocenters. The molecule has 0 aromatic heterocycles. The summed E-state index contributed by atoms with van der Waals surface area (Å²) in [6, 6.07) is 0. The fourth-order valence-electron chi connectivity index (χ4n) is 1.41. The van der Waals surface area contributed by atoms with Crippen LogP contribution >= 0.6 is 22.6 Å². The summed E-state index contributed by atoms with van der Waals surface area (Å²) >= 11 is 2.30. The highest BCUT2D eigenvalue weighted by Crippen LogP contribution is 2.19. The molecule has 0 bridgehead atoms. The molecule has 1 aliphatic heterocycles. The second-order valence-electron chi connectivity index (χ2n) is 3.39. The zero-order valence-corrected chi connectivity index (χ0v) is 10.0. The van der Waals surface area contributed by atoms with Crippen molar-refractivity contribution in [3.05, 3.63) is 0 Å². The molecule has 3 nitrogen and oxygen atoms in total. The van der Waals surface area contributed by atoms with Crippen LogP contribution in [0.2, 0.25) is 0 Å². The summed E-state index contributed by atoms with van der Waals surface area (Å²) in [5.74, 6) is 0.439. The summed E-state index contributed by atoms with van der Waals surface area (Å²) in [7, 11) is 0. The Bertz CT molecular complexity index is 175. The van der Waals surface area contributed by atoms with Crippen molar-refractivity contribution in [1.82, 2.24) is 5.32 Å². The molecule has 0 spiro atoms. The third kappa shape index (κ3) is 3.42. The van der Waals surface area contributed by atoms with Crippen LogP contribution in [0.1, 0.15) is 19.8 Å². The molecule has 1 aliphatic rings. The Balaban J connectivity index is 2.22. The fourth-order valence-corrected chi connectivity index (χ4v) is 1.79. The summed E-state index contributed by atoms with van der Waals surface area (Å²) in [6.45, 7) is 3.56. The number of carbonyl (C=O) groups excluding carboxylic acids is 1. The molecule has 0 aromatic rings. The highest BCUT2D eigenvalue weighted by atomic mass is 127. The minimum absolute atomic E-state index is 0.0647. The van der Waals surface area contributed by atoms with E-state index in [9.17, 15) is 4.79 Å². The van der Waals surface area contributed by atoms with Gasteiger partial charge in [-0.05, 0) is 18.8 Å². The van der Waals surface area contributed by atoms with Gasteiger partial charge in [0.25, 0.3) is 0 Å². The van der Waals surface area contributed by atoms with E-state index in [-0.39, 0.29) is 12.0 Å². The second-order valence-corrected chi connectivity index (χ2v) is 4.47. The first-order valence-electron chi connectivity index (χ1n) is 4.71. The molecule has 4 heteroatoms. The maximum Gasteiger partial charge on any atom is 0.249 e. The van der Waals surface area contributed by atoms with Gasteiger partial charge >= 0.3 is 0 Å². The van der Waals surface area contributed by atoms with Crippen LogP contribution in [0.3, 0.4) is 0 Å². The van der Waals surface area contributed by atoms with Crippen LogP contribution in [0.15, 0.2) is 0 Å². The van der Waals surface area contributed by atoms with Gasteiger partial charge in [0.2, 0.25) is 5.91 Å². The Hall–Kier alpha value is 0.160. The van der Waals surface area contributed by atoms with Gasteiger partial charge in [-0.3, -0.25) is 4.79 Å². The third-order valence-electron chi connectivity index (χ3n) is 2.26. The number of amides is 1. The SMILES string of the molecule is CC1CCOC1C(=O)NCCCI. The van der Waals surface area contributed by atoms with Crippen LogP contribution in [0.4, 0.5) is 0 Å². The van der Waals surface area contributed by atoms with Crippen LogP contribution in [-0.4, -0.2) is 29.6 Å². The Kier molecular flexibility index (Phi) is 5.01. The molecular weight excluding hydrogens is 281 g/mol. The smallest absolute Gasteiger partial charge is 0.249 e. The third-order valence-corrected chi connectivity index (χ3v) is 3.02. The largest absolute Gasteiger partial charge is 0.368 e. The van der Waals surface area contributed by atoms with Crippen molar-refractivity contribution in [2.75, 3.05) is 17.6 Å². The maximum absolute atomic E-state index is 11.5. The summed E-state index contributed by atoms with van der Waals surface area (Å²) in [4.78, 5) is 11.5. The van der Waals surface area contributed by atoms with Crippen LogP contribution in [-0.2, 0) is 9.53 Å². The number of hydrogen-bond donors (Lipinski definition) is 1. The normalized spacial score (nSPS) is 27.5. The van der Waals surface area contributed by atoms with Gasteiger partial charge in [0, 0.05) is 17.6 Å². The molecule has 13 heavy (non-hydrogen) atoms. The van der Waals surface area contributed by atoms with E-state index in [0.717, 1.165) is 30.4 Å². The second kappa shape index (κ2) is 5.80. The first-order valence-corrected chi connectivity index (χ1v) is 6.23. The molecule has 0 aromatic carbocycles. The lowest BCUT2D eigenvalue weighted by molar-refractivity contribution is -0.131. The van der Waals surface area contributed by atoms with Gasteiger partial charge in [-0.2, -0.15) is 0 Å². The van der Waals surface area contributed by atoms with E-state index in [4.69, 9.17) is 4.74 Å². The average Bonchev–Trinajstić information content (AvgIpc) is 2.52. The fraction of sp³-hybridized carbons (Fsp3) is 0.889. The van der Waals surface area contributed by atoms with E-state index in [2.05, 4.69) is 34.8 Å². The molecule has 2 unspecified atom stereocenters. The van der Waals surface area contributed by atoms with Crippen molar-refractivity contribution in [3.63, 3.8) is 0 Å². The van der Waals surface area contributed by atoms with Gasteiger partial charge in [0.15, 0.2) is 0 Å². The lowest BCUT2D eigenvalue weighted by atomic mass is 10.0. The van der Waals surface area contributed by atoms with Gasteiger partial charge in [0.05, 0.1) is 0 Å². The number of nitrogens with one attached hydrogen (secondary N) is 1. The molecule has 1 rings (SSSR count). The topological polar surface area (TPSA) is 38.3 Å². The number of halogens is 1. The van der Waals surface area contributed by atoms with Crippen molar-refractivity contribution in [3.8, 4) is 0 Å². The molecule has 1 heterocycles. The van der Waals surface area contributed by atoms with E-state index < -0.39 is 0 Å². The monoisotopic (exact) mass is 297 g/mol. The Morgan fingerprint density at radius 1 is 1.69 bits per heavy atom. The van der Waals surface area contributed by atoms with Crippen molar-refractivity contribution in [1.29, 1.82) is 0 Å². The lowest BCUT2D eigenvalue weighted by Crippen LogP contribution is -2.37. The van der Waals surface area contributed by atoms with E-state index in [1.54, 1.807) is 0 Å². The minimum atomic E-state index is -0.200. The predicted molar refractivity (Wildman–Crippen MR) is 60.0 cm³/mol. The van der Waals surface area contributed by atoms with E-state index in [1.807, 2.05) is 0 Å². The first kappa shape index (κ1) is 11.2. The zero-order chi connectivity index (χ0) is 9.68. The molecule has 0 aliphatic carbocycles. The molecule has 1 N–H and O–H groups in total. The Morgan fingerprint density at radius 2 is 2.46 bits per heavy atom. The Labute approximate surface area is 92.7 Å². The summed E-state index contributed by atoms with van der Waals surface area (Å²) in [5.41, 5.74) is 0. The average molecular weight is 297 g/mol. The molecule has 1 amide bonds. The highest BCUT2D eigenvalue weighted by Gasteiger charge is 2.30. The van der Waals surface area contributed by atoms with Crippen molar-refractivity contribution < 1.29 is 9.53 Å². The van der Waals surface area contributed by atoms with E-state index in [1.165, 1.54) is 0 Å². The van der Waals surface area contributed by atoms with E-state index in [0.29, 0.717) is 5.92 Å². The molecule has 1 fully saturated rings. The van der Waals surface area contributed by atoms with Crippen LogP contribution < -0.4 is 5.32 Å². The van der Waals surface area contributed by atoms with Crippen LogP contribution in [0.25, 0.3) is 0 Å². The molecule has 0 saturated carbocycles. The van der Waals surface area contributed by atoms with Gasteiger partial charge in [-0.25, -0.2) is 0 Å². The first-order chi connectivity index (χ1) is 6.25. The molecule has 1 saturated heterocycles. The lowest BCUT2D eigenvalue weighted by Gasteiger charge is -2.13. The summed E-state index contributed by atoms with van der Waals surface area (Å²) in [6.07, 6.45) is 1.84. The van der Waals surface area contributed by atoms with Crippen molar-refractivity contribution in [2.45, 2.75) is 25.9 Å². The van der Waals surface area contributed by atoms with Gasteiger partial charge in [-0.1, -0.05) is 29.5 Å². The zero-order valence-electron chi connectivity index (χ0n) is 7.88. The predicted octanol–water partition coefficient (Wildman–Crippen LogP) is 1.35. The van der Waals surface area contributed by atoms with E-state index >= 15 is 0 Å². The number of rotatable bonds is 4. The molecule has 0 radical (unpaired) electrons. The van der Waals surface area contributed by atoms with Crippen LogP contribution in [0, 0.1) is 5.92 Å². The minimum Gasteiger partial charge on any atom is -0.368 e. The quantitative estimate of drug-likeness (QED) is 0.483. The number of hydrogen-bond acceptors (Lipinski definition) is 2. The summed E-state index contributed by atoms with van der Waals surface area (Å²) < 4.78 is 6.43. The van der Waals surface area contributed by atoms with Gasteiger partial charge in [-0.15, -0.1) is 0 Å². The van der Waals surface area contributed by atoms with Crippen molar-refractivity contribution in [2.24, 2.45) is 5.92 Å². The summed E-state index contributed by atoms with van der Waals surface area (Å²) in [5, 5.41) is 2.89. The number of carbonyl (C=O) groups is 1. The highest BCUT2D eigenvalue weighted by molar-refractivity contribution is 14.1.